The number of hydrogen-bond acceptors (Lipinski definition) is 5. The number of carbonyl (C=O) groups excluding carboxylic acids is 1. The SMILES string of the molecule is CCOC(CN)CN(C)CCCC(=O)OC. The normalized spacial score (nSPS) is 12.8. The van der Waals surface area contributed by atoms with Gasteiger partial charge in [0.25, 0.3) is 0 Å². The molecule has 1 atom stereocenters. The quantitative estimate of drug-likeness (QED) is 0.577. The summed E-state index contributed by atoms with van der Waals surface area (Å²) < 4.78 is 10.0. The summed E-state index contributed by atoms with van der Waals surface area (Å²) in [6.45, 7) is 4.80. The van der Waals surface area contributed by atoms with E-state index in [2.05, 4.69) is 9.64 Å². The third-order valence-electron chi connectivity index (χ3n) is 2.33. The number of methoxy groups -OCH3 is 1. The highest BCUT2D eigenvalue weighted by molar-refractivity contribution is 5.69. The van der Waals surface area contributed by atoms with Crippen LogP contribution in [0.2, 0.25) is 0 Å². The first-order valence-electron chi connectivity index (χ1n) is 5.71. The lowest BCUT2D eigenvalue weighted by molar-refractivity contribution is -0.140. The molecule has 0 saturated heterocycles. The minimum Gasteiger partial charge on any atom is -0.469 e. The number of carbonyl (C=O) groups is 1. The maximum absolute atomic E-state index is 10.9. The highest BCUT2D eigenvalue weighted by atomic mass is 16.5. The van der Waals surface area contributed by atoms with Gasteiger partial charge in [-0.05, 0) is 26.9 Å². The van der Waals surface area contributed by atoms with Crippen LogP contribution in [0.1, 0.15) is 19.8 Å². The van der Waals surface area contributed by atoms with Gasteiger partial charge in [-0.15, -0.1) is 0 Å². The molecule has 5 nitrogen and oxygen atoms in total. The van der Waals surface area contributed by atoms with E-state index in [1.54, 1.807) is 0 Å². The Bertz CT molecular complexity index is 188. The van der Waals surface area contributed by atoms with E-state index in [9.17, 15) is 4.79 Å². The summed E-state index contributed by atoms with van der Waals surface area (Å²) in [4.78, 5) is 13.0. The molecular weight excluding hydrogens is 208 g/mol. The van der Waals surface area contributed by atoms with Crippen molar-refractivity contribution in [1.82, 2.24) is 4.90 Å². The summed E-state index contributed by atoms with van der Waals surface area (Å²) in [6.07, 6.45) is 1.34. The number of rotatable bonds is 9. The van der Waals surface area contributed by atoms with Crippen LogP contribution in [0.3, 0.4) is 0 Å². The lowest BCUT2D eigenvalue weighted by Gasteiger charge is -2.22. The monoisotopic (exact) mass is 232 g/mol. The minimum absolute atomic E-state index is 0.0770. The summed E-state index contributed by atoms with van der Waals surface area (Å²) in [5.41, 5.74) is 5.58. The summed E-state index contributed by atoms with van der Waals surface area (Å²) in [6, 6.07) is 0. The van der Waals surface area contributed by atoms with Gasteiger partial charge in [-0.3, -0.25) is 4.79 Å². The number of ether oxygens (including phenoxy) is 2. The standard InChI is InChI=1S/C11H24N2O3/c1-4-16-10(8-12)9-13(2)7-5-6-11(14)15-3/h10H,4-9,12H2,1-3H3. The average Bonchev–Trinajstić information content (AvgIpc) is 2.28. The van der Waals surface area contributed by atoms with Crippen molar-refractivity contribution in [2.24, 2.45) is 5.73 Å². The smallest absolute Gasteiger partial charge is 0.305 e. The predicted molar refractivity (Wildman–Crippen MR) is 63.2 cm³/mol. The van der Waals surface area contributed by atoms with Crippen LogP contribution in [0.25, 0.3) is 0 Å². The second-order valence-electron chi connectivity index (χ2n) is 3.75. The van der Waals surface area contributed by atoms with Crippen LogP contribution in [0, 0.1) is 0 Å². The van der Waals surface area contributed by atoms with Gasteiger partial charge in [-0.2, -0.15) is 0 Å². The van der Waals surface area contributed by atoms with Crippen molar-refractivity contribution < 1.29 is 14.3 Å². The van der Waals surface area contributed by atoms with Crippen LogP contribution in [0.4, 0.5) is 0 Å². The molecule has 0 fully saturated rings. The molecule has 0 bridgehead atoms. The Hall–Kier alpha value is -0.650. The third kappa shape index (κ3) is 7.62. The van der Waals surface area contributed by atoms with Crippen LogP contribution in [0.5, 0.6) is 0 Å². The van der Waals surface area contributed by atoms with Gasteiger partial charge in [0.05, 0.1) is 13.2 Å². The highest BCUT2D eigenvalue weighted by Crippen LogP contribution is 1.98. The van der Waals surface area contributed by atoms with Crippen LogP contribution in [-0.2, 0) is 14.3 Å². The first-order chi connectivity index (χ1) is 7.63. The zero-order valence-corrected chi connectivity index (χ0v) is 10.6. The van der Waals surface area contributed by atoms with Gasteiger partial charge in [0.15, 0.2) is 0 Å². The first-order valence-corrected chi connectivity index (χ1v) is 5.71. The van der Waals surface area contributed by atoms with Crippen molar-refractivity contribution in [3.63, 3.8) is 0 Å². The lowest BCUT2D eigenvalue weighted by atomic mass is 10.2. The van der Waals surface area contributed by atoms with Gasteiger partial charge in [0.1, 0.15) is 0 Å². The Morgan fingerprint density at radius 1 is 1.50 bits per heavy atom. The van der Waals surface area contributed by atoms with Crippen LogP contribution < -0.4 is 5.73 Å². The Morgan fingerprint density at radius 2 is 2.19 bits per heavy atom. The Labute approximate surface area is 97.9 Å². The molecule has 1 unspecified atom stereocenters. The van der Waals surface area contributed by atoms with E-state index in [0.717, 1.165) is 19.5 Å². The van der Waals surface area contributed by atoms with Crippen LogP contribution in [-0.4, -0.2) is 57.4 Å². The largest absolute Gasteiger partial charge is 0.469 e. The number of nitrogens with two attached hydrogens (primary N) is 1. The molecule has 16 heavy (non-hydrogen) atoms. The molecular formula is C11H24N2O3. The van der Waals surface area contributed by atoms with Crippen LogP contribution >= 0.6 is 0 Å². The summed E-state index contributed by atoms with van der Waals surface area (Å²) in [5.74, 6) is -0.159. The fourth-order valence-electron chi connectivity index (χ4n) is 1.47. The molecule has 0 rings (SSSR count). The van der Waals surface area contributed by atoms with E-state index in [4.69, 9.17) is 10.5 Å². The van der Waals surface area contributed by atoms with Crippen LogP contribution in [0.15, 0.2) is 0 Å². The van der Waals surface area contributed by atoms with Gasteiger partial charge in [0.2, 0.25) is 0 Å². The average molecular weight is 232 g/mol. The van der Waals surface area contributed by atoms with Gasteiger partial charge in [-0.25, -0.2) is 0 Å². The Morgan fingerprint density at radius 3 is 2.69 bits per heavy atom. The Kier molecular flexibility index (Phi) is 9.18. The molecule has 0 spiro atoms. The number of nitrogens with zero attached hydrogens (tertiary/aromatic N) is 1. The van der Waals surface area contributed by atoms with E-state index in [0.29, 0.717) is 19.6 Å². The Balaban J connectivity index is 3.63. The van der Waals surface area contributed by atoms with Crippen molar-refractivity contribution in [3.05, 3.63) is 0 Å². The minimum atomic E-state index is -0.159. The zero-order valence-electron chi connectivity index (χ0n) is 10.6. The van der Waals surface area contributed by atoms with E-state index < -0.39 is 0 Å². The number of hydrogen-bond donors (Lipinski definition) is 1. The fraction of sp³-hybridized carbons (Fsp3) is 0.909. The lowest BCUT2D eigenvalue weighted by Crippen LogP contribution is -2.36. The summed E-state index contributed by atoms with van der Waals surface area (Å²) in [7, 11) is 3.41. The summed E-state index contributed by atoms with van der Waals surface area (Å²) in [5, 5.41) is 0. The van der Waals surface area contributed by atoms with Crippen molar-refractivity contribution in [1.29, 1.82) is 0 Å². The molecule has 0 radical (unpaired) electrons. The molecule has 5 heteroatoms. The van der Waals surface area contributed by atoms with Gasteiger partial charge >= 0.3 is 5.97 Å². The van der Waals surface area contributed by atoms with Crippen molar-refractivity contribution in [2.45, 2.75) is 25.9 Å². The predicted octanol–water partition coefficient (Wildman–Crippen LogP) is 0.235. The molecule has 0 aromatic rings. The van der Waals surface area contributed by atoms with Crippen molar-refractivity contribution in [3.8, 4) is 0 Å². The number of likely N-dealkylation sites (N-methyl/N-ethyl adjacent to an activating group) is 1. The number of esters is 1. The van der Waals surface area contributed by atoms with Gasteiger partial charge in [0, 0.05) is 26.1 Å². The molecule has 0 aromatic heterocycles. The molecule has 0 saturated carbocycles. The van der Waals surface area contributed by atoms with E-state index in [1.807, 2.05) is 14.0 Å². The molecule has 0 heterocycles. The molecule has 0 aliphatic rings. The second-order valence-corrected chi connectivity index (χ2v) is 3.75. The van der Waals surface area contributed by atoms with E-state index in [1.165, 1.54) is 7.11 Å². The maximum Gasteiger partial charge on any atom is 0.305 e. The second kappa shape index (κ2) is 9.57. The maximum atomic E-state index is 10.9. The molecule has 0 aliphatic heterocycles. The molecule has 0 amide bonds. The fourth-order valence-corrected chi connectivity index (χ4v) is 1.47. The zero-order chi connectivity index (χ0) is 12.4. The van der Waals surface area contributed by atoms with E-state index >= 15 is 0 Å². The molecule has 96 valence electrons. The topological polar surface area (TPSA) is 64.8 Å². The van der Waals surface area contributed by atoms with Crippen molar-refractivity contribution >= 4 is 5.97 Å². The van der Waals surface area contributed by atoms with Gasteiger partial charge < -0.3 is 20.1 Å². The molecule has 0 aromatic carbocycles. The van der Waals surface area contributed by atoms with E-state index in [-0.39, 0.29) is 12.1 Å². The third-order valence-corrected chi connectivity index (χ3v) is 2.33. The van der Waals surface area contributed by atoms with Gasteiger partial charge in [-0.1, -0.05) is 0 Å². The highest BCUT2D eigenvalue weighted by Gasteiger charge is 2.10. The molecule has 2 N–H and O–H groups in total. The first kappa shape index (κ1) is 15.3. The van der Waals surface area contributed by atoms with Crippen molar-refractivity contribution in [2.75, 3.05) is 40.4 Å². The molecule has 0 aliphatic carbocycles. The summed E-state index contributed by atoms with van der Waals surface area (Å²) >= 11 is 0.